The van der Waals surface area contributed by atoms with Crippen LogP contribution in [0.2, 0.25) is 0 Å². The summed E-state index contributed by atoms with van der Waals surface area (Å²) in [6.45, 7) is 3.64. The van der Waals surface area contributed by atoms with Crippen LogP contribution in [0.25, 0.3) is 0 Å². The zero-order valence-electron chi connectivity index (χ0n) is 11.1. The van der Waals surface area contributed by atoms with E-state index in [1.54, 1.807) is 30.5 Å². The van der Waals surface area contributed by atoms with Crippen LogP contribution in [-0.4, -0.2) is 16.5 Å². The molecule has 1 aromatic heterocycles. The van der Waals surface area contributed by atoms with Crippen molar-refractivity contribution in [1.82, 2.24) is 10.3 Å². The maximum Gasteiger partial charge on any atom is 0.311 e. The van der Waals surface area contributed by atoms with Crippen molar-refractivity contribution in [3.05, 3.63) is 58.3 Å². The lowest BCUT2D eigenvalue weighted by atomic mass is 10.3. The topological polar surface area (TPSA) is 77.3 Å². The maximum absolute atomic E-state index is 10.9. The fourth-order valence-electron chi connectivity index (χ4n) is 1.65. The lowest BCUT2D eigenvalue weighted by molar-refractivity contribution is -0.385. The largest absolute Gasteiger partial charge is 0.432 e. The number of ether oxygens (including phenoxy) is 1. The quantitative estimate of drug-likeness (QED) is 0.646. The van der Waals surface area contributed by atoms with Crippen LogP contribution in [0.15, 0.2) is 42.6 Å². The highest BCUT2D eigenvalue weighted by Crippen LogP contribution is 2.29. The molecule has 0 aliphatic carbocycles. The Balaban J connectivity index is 2.12. The first-order valence-electron chi connectivity index (χ1n) is 6.27. The van der Waals surface area contributed by atoms with Crippen LogP contribution in [-0.2, 0) is 6.54 Å². The van der Waals surface area contributed by atoms with Crippen molar-refractivity contribution >= 4 is 5.69 Å². The third-order valence-electron chi connectivity index (χ3n) is 2.65. The van der Waals surface area contributed by atoms with E-state index < -0.39 is 4.92 Å². The number of nitro benzene ring substituents is 1. The molecule has 1 heterocycles. The minimum Gasteiger partial charge on any atom is -0.432 e. The molecular weight excluding hydrogens is 258 g/mol. The number of para-hydroxylation sites is 2. The third kappa shape index (κ3) is 3.52. The van der Waals surface area contributed by atoms with Crippen molar-refractivity contribution in [3.8, 4) is 11.6 Å². The molecule has 0 atom stereocenters. The van der Waals surface area contributed by atoms with Gasteiger partial charge in [0.15, 0.2) is 0 Å². The Bertz CT molecular complexity index is 584. The van der Waals surface area contributed by atoms with E-state index in [0.717, 1.165) is 18.7 Å². The number of aromatic nitrogens is 1. The fraction of sp³-hybridized carbons (Fsp3) is 0.214. The third-order valence-corrected chi connectivity index (χ3v) is 2.65. The van der Waals surface area contributed by atoms with Crippen molar-refractivity contribution in [3.63, 3.8) is 0 Å². The molecule has 6 heteroatoms. The lowest BCUT2D eigenvalue weighted by Gasteiger charge is -2.06. The van der Waals surface area contributed by atoms with E-state index in [0.29, 0.717) is 5.88 Å². The molecule has 0 saturated heterocycles. The van der Waals surface area contributed by atoms with Crippen molar-refractivity contribution in [1.29, 1.82) is 0 Å². The average molecular weight is 273 g/mol. The standard InChI is InChI=1S/C14H15N3O3/c1-2-15-9-11-7-8-14(16-10-11)20-13-6-4-3-5-12(13)17(18)19/h3-8,10,15H,2,9H2,1H3. The normalized spacial score (nSPS) is 10.2. The first-order valence-corrected chi connectivity index (χ1v) is 6.27. The van der Waals surface area contributed by atoms with Crippen LogP contribution in [0.5, 0.6) is 11.6 Å². The van der Waals surface area contributed by atoms with Crippen molar-refractivity contribution in [2.24, 2.45) is 0 Å². The summed E-state index contributed by atoms with van der Waals surface area (Å²) >= 11 is 0. The number of nitro groups is 1. The van der Waals surface area contributed by atoms with Crippen LogP contribution < -0.4 is 10.1 Å². The molecule has 0 bridgehead atoms. The zero-order valence-corrected chi connectivity index (χ0v) is 11.1. The predicted octanol–water partition coefficient (Wildman–Crippen LogP) is 2.89. The van der Waals surface area contributed by atoms with Gasteiger partial charge in [0.2, 0.25) is 11.6 Å². The summed E-state index contributed by atoms with van der Waals surface area (Å²) < 4.78 is 5.46. The zero-order chi connectivity index (χ0) is 14.4. The van der Waals surface area contributed by atoms with E-state index in [2.05, 4.69) is 10.3 Å². The summed E-state index contributed by atoms with van der Waals surface area (Å²) in [6.07, 6.45) is 1.69. The molecular formula is C14H15N3O3. The van der Waals surface area contributed by atoms with Crippen molar-refractivity contribution in [2.45, 2.75) is 13.5 Å². The number of nitrogens with one attached hydrogen (secondary N) is 1. The van der Waals surface area contributed by atoms with Crippen LogP contribution in [0.4, 0.5) is 5.69 Å². The minimum atomic E-state index is -0.477. The highest BCUT2D eigenvalue weighted by molar-refractivity contribution is 5.47. The number of nitrogens with zero attached hydrogens (tertiary/aromatic N) is 2. The first-order chi connectivity index (χ1) is 9.70. The maximum atomic E-state index is 10.9. The molecule has 2 rings (SSSR count). The molecule has 0 unspecified atom stereocenters. The summed E-state index contributed by atoms with van der Waals surface area (Å²) in [7, 11) is 0. The molecule has 0 radical (unpaired) electrons. The molecule has 104 valence electrons. The number of hydrogen-bond donors (Lipinski definition) is 1. The summed E-state index contributed by atoms with van der Waals surface area (Å²) in [4.78, 5) is 14.5. The Morgan fingerprint density at radius 3 is 2.75 bits per heavy atom. The molecule has 1 aromatic carbocycles. The van der Waals surface area contributed by atoms with Gasteiger partial charge < -0.3 is 10.1 Å². The number of pyridine rings is 1. The van der Waals surface area contributed by atoms with Crippen LogP contribution in [0.1, 0.15) is 12.5 Å². The first kappa shape index (κ1) is 14.0. The van der Waals surface area contributed by atoms with Gasteiger partial charge >= 0.3 is 5.69 Å². The molecule has 20 heavy (non-hydrogen) atoms. The smallest absolute Gasteiger partial charge is 0.311 e. The monoisotopic (exact) mass is 273 g/mol. The Morgan fingerprint density at radius 2 is 2.10 bits per heavy atom. The van der Waals surface area contributed by atoms with E-state index in [1.165, 1.54) is 6.07 Å². The molecule has 0 spiro atoms. The number of rotatable bonds is 6. The molecule has 6 nitrogen and oxygen atoms in total. The second-order valence-corrected chi connectivity index (χ2v) is 4.11. The Morgan fingerprint density at radius 1 is 1.30 bits per heavy atom. The molecule has 2 aromatic rings. The van der Waals surface area contributed by atoms with Crippen molar-refractivity contribution in [2.75, 3.05) is 6.54 Å². The Kier molecular flexibility index (Phi) is 4.62. The van der Waals surface area contributed by atoms with Gasteiger partial charge in [-0.3, -0.25) is 10.1 Å². The Labute approximate surface area is 116 Å². The molecule has 0 fully saturated rings. The molecule has 0 saturated carbocycles. The van der Waals surface area contributed by atoms with E-state index in [4.69, 9.17) is 4.74 Å². The SMILES string of the molecule is CCNCc1ccc(Oc2ccccc2[N+](=O)[O-])nc1. The van der Waals surface area contributed by atoms with Crippen LogP contribution in [0, 0.1) is 10.1 Å². The van der Waals surface area contributed by atoms with E-state index in [9.17, 15) is 10.1 Å². The molecule has 0 aliphatic rings. The van der Waals surface area contributed by atoms with Crippen LogP contribution in [0.3, 0.4) is 0 Å². The minimum absolute atomic E-state index is 0.0778. The van der Waals surface area contributed by atoms with Crippen LogP contribution >= 0.6 is 0 Å². The van der Waals surface area contributed by atoms with Gasteiger partial charge in [0.05, 0.1) is 4.92 Å². The second kappa shape index (κ2) is 6.63. The second-order valence-electron chi connectivity index (χ2n) is 4.11. The fourth-order valence-corrected chi connectivity index (χ4v) is 1.65. The van der Waals surface area contributed by atoms with Gasteiger partial charge in [0, 0.05) is 24.9 Å². The summed E-state index contributed by atoms with van der Waals surface area (Å²) in [6, 6.07) is 9.80. The van der Waals surface area contributed by atoms with Gasteiger partial charge in [-0.25, -0.2) is 4.98 Å². The van der Waals surface area contributed by atoms with Gasteiger partial charge in [-0.2, -0.15) is 0 Å². The summed E-state index contributed by atoms with van der Waals surface area (Å²) in [5, 5.41) is 14.1. The van der Waals surface area contributed by atoms with Gasteiger partial charge in [0.25, 0.3) is 0 Å². The van der Waals surface area contributed by atoms with Gasteiger partial charge in [-0.05, 0) is 18.2 Å². The highest BCUT2D eigenvalue weighted by Gasteiger charge is 2.14. The number of hydrogen-bond acceptors (Lipinski definition) is 5. The molecule has 0 amide bonds. The van der Waals surface area contributed by atoms with Gasteiger partial charge in [-0.15, -0.1) is 0 Å². The molecule has 0 aliphatic heterocycles. The summed E-state index contributed by atoms with van der Waals surface area (Å²) in [5.41, 5.74) is 0.952. The van der Waals surface area contributed by atoms with Crippen molar-refractivity contribution < 1.29 is 9.66 Å². The Hall–Kier alpha value is -2.47. The lowest BCUT2D eigenvalue weighted by Crippen LogP contribution is -2.11. The summed E-state index contributed by atoms with van der Waals surface area (Å²) in [5.74, 6) is 0.518. The van der Waals surface area contributed by atoms with E-state index in [1.807, 2.05) is 13.0 Å². The number of benzene rings is 1. The van der Waals surface area contributed by atoms with E-state index >= 15 is 0 Å². The highest BCUT2D eigenvalue weighted by atomic mass is 16.6. The molecule has 1 N–H and O–H groups in total. The van der Waals surface area contributed by atoms with Gasteiger partial charge in [-0.1, -0.05) is 25.1 Å². The van der Waals surface area contributed by atoms with Gasteiger partial charge in [0.1, 0.15) is 0 Å². The average Bonchev–Trinajstić information content (AvgIpc) is 2.47. The van der Waals surface area contributed by atoms with E-state index in [-0.39, 0.29) is 11.4 Å². The predicted molar refractivity (Wildman–Crippen MR) is 74.8 cm³/mol.